The maximum absolute atomic E-state index is 14.0. The highest BCUT2D eigenvalue weighted by molar-refractivity contribution is 14.0. The fraction of sp³-hybridized carbons (Fsp3) is 0.667. The summed E-state index contributed by atoms with van der Waals surface area (Å²) < 4.78 is 34.0. The van der Waals surface area contributed by atoms with Gasteiger partial charge in [0.05, 0.1) is 12.7 Å². The largest absolute Gasteiger partial charge is 0.374 e. The highest BCUT2D eigenvalue weighted by atomic mass is 127. The zero-order chi connectivity index (χ0) is 20.8. The van der Waals surface area contributed by atoms with Crippen molar-refractivity contribution in [2.75, 3.05) is 57.8 Å². The number of nitrogens with zero attached hydrogens (tertiary/aromatic N) is 3. The van der Waals surface area contributed by atoms with E-state index in [1.165, 1.54) is 18.2 Å². The number of aliphatic imine (C=N–C) groups is 1. The van der Waals surface area contributed by atoms with Crippen LogP contribution in [0, 0.1) is 17.6 Å². The Morgan fingerprint density at radius 1 is 1.23 bits per heavy atom. The van der Waals surface area contributed by atoms with Gasteiger partial charge in [0, 0.05) is 52.4 Å². The number of halogens is 3. The van der Waals surface area contributed by atoms with Crippen molar-refractivity contribution in [2.45, 2.75) is 32.4 Å². The summed E-state index contributed by atoms with van der Waals surface area (Å²) in [6, 6.07) is 4.06. The van der Waals surface area contributed by atoms with E-state index in [0.717, 1.165) is 32.7 Å². The average molecular weight is 537 g/mol. The van der Waals surface area contributed by atoms with Gasteiger partial charge in [-0.25, -0.2) is 8.78 Å². The lowest BCUT2D eigenvalue weighted by Crippen LogP contribution is -2.51. The molecule has 0 amide bonds. The zero-order valence-electron chi connectivity index (χ0n) is 18.0. The first-order chi connectivity index (χ1) is 14.0. The number of morpholine rings is 1. The van der Waals surface area contributed by atoms with E-state index < -0.39 is 11.6 Å². The quantitative estimate of drug-likeness (QED) is 0.332. The van der Waals surface area contributed by atoms with Gasteiger partial charge in [0.25, 0.3) is 0 Å². The minimum Gasteiger partial charge on any atom is -0.374 e. The molecule has 3 rings (SSSR count). The van der Waals surface area contributed by atoms with Crippen molar-refractivity contribution < 1.29 is 13.5 Å². The van der Waals surface area contributed by atoms with Gasteiger partial charge in [0.2, 0.25) is 0 Å². The Bertz CT molecular complexity index is 686. The summed E-state index contributed by atoms with van der Waals surface area (Å²) in [4.78, 5) is 8.49. The molecule has 2 atom stereocenters. The van der Waals surface area contributed by atoms with Gasteiger partial charge < -0.3 is 20.3 Å². The smallest absolute Gasteiger partial charge is 0.191 e. The molecule has 2 heterocycles. The molecule has 6 nitrogen and oxygen atoms in total. The monoisotopic (exact) mass is 537 g/mol. The van der Waals surface area contributed by atoms with Crippen LogP contribution in [0.4, 0.5) is 14.5 Å². The third-order valence-corrected chi connectivity index (χ3v) is 5.35. The van der Waals surface area contributed by atoms with E-state index in [9.17, 15) is 8.78 Å². The summed E-state index contributed by atoms with van der Waals surface area (Å²) in [7, 11) is 1.73. The van der Waals surface area contributed by atoms with Gasteiger partial charge in [-0.05, 0) is 24.5 Å². The molecule has 2 N–H and O–H groups in total. The molecule has 0 saturated carbocycles. The highest BCUT2D eigenvalue weighted by Gasteiger charge is 2.27. The Morgan fingerprint density at radius 3 is 2.63 bits per heavy atom. The molecule has 2 aliphatic rings. The van der Waals surface area contributed by atoms with Crippen molar-refractivity contribution in [2.24, 2.45) is 10.9 Å². The number of hydrogen-bond acceptors (Lipinski definition) is 4. The predicted octanol–water partition coefficient (Wildman–Crippen LogP) is 2.68. The molecule has 2 saturated heterocycles. The van der Waals surface area contributed by atoms with Crippen LogP contribution in [-0.2, 0) is 4.74 Å². The molecule has 1 aromatic rings. The van der Waals surface area contributed by atoms with Crippen molar-refractivity contribution in [1.82, 2.24) is 15.5 Å². The number of para-hydroxylation sites is 1. The van der Waals surface area contributed by atoms with Gasteiger partial charge in [0.15, 0.2) is 5.96 Å². The lowest BCUT2D eigenvalue weighted by Gasteiger charge is -2.34. The summed E-state index contributed by atoms with van der Waals surface area (Å²) in [5.41, 5.74) is 0.0561. The normalized spacial score (nSPS) is 22.9. The summed E-state index contributed by atoms with van der Waals surface area (Å²) in [5, 5.41) is 6.71. The molecular formula is C21H34F2IN5O. The number of guanidine groups is 1. The van der Waals surface area contributed by atoms with Gasteiger partial charge in [0.1, 0.15) is 17.3 Å². The summed E-state index contributed by atoms with van der Waals surface area (Å²) in [5.74, 6) is 0.290. The Morgan fingerprint density at radius 2 is 1.97 bits per heavy atom. The molecule has 2 aliphatic heterocycles. The molecule has 0 bridgehead atoms. The molecule has 2 fully saturated rings. The number of hydrogen-bond donors (Lipinski definition) is 2. The van der Waals surface area contributed by atoms with E-state index >= 15 is 0 Å². The van der Waals surface area contributed by atoms with E-state index in [2.05, 4.69) is 34.4 Å². The number of rotatable bonds is 6. The molecule has 30 heavy (non-hydrogen) atoms. The van der Waals surface area contributed by atoms with E-state index in [1.807, 2.05) is 0 Å². The Labute approximate surface area is 195 Å². The lowest BCUT2D eigenvalue weighted by molar-refractivity contribution is -0.0284. The Balaban J connectivity index is 0.00000320. The summed E-state index contributed by atoms with van der Waals surface area (Å²) >= 11 is 0. The SMILES string of the molecule is CN=C(NCC1CN(CC(C)C)CCO1)NC1CCN(c2c(F)cccc2F)C1.I. The second-order valence-electron chi connectivity index (χ2n) is 8.25. The van der Waals surface area contributed by atoms with Crippen LogP contribution < -0.4 is 15.5 Å². The summed E-state index contributed by atoms with van der Waals surface area (Å²) in [6.45, 7) is 9.97. The van der Waals surface area contributed by atoms with Crippen LogP contribution in [0.15, 0.2) is 23.2 Å². The zero-order valence-corrected chi connectivity index (χ0v) is 20.4. The predicted molar refractivity (Wildman–Crippen MR) is 128 cm³/mol. The fourth-order valence-electron chi connectivity index (χ4n) is 4.06. The van der Waals surface area contributed by atoms with Crippen molar-refractivity contribution in [1.29, 1.82) is 0 Å². The van der Waals surface area contributed by atoms with Crippen molar-refractivity contribution in [3.05, 3.63) is 29.8 Å². The topological polar surface area (TPSA) is 52.1 Å². The summed E-state index contributed by atoms with van der Waals surface area (Å²) in [6.07, 6.45) is 0.907. The number of anilines is 1. The first-order valence-corrected chi connectivity index (χ1v) is 10.5. The minimum atomic E-state index is -0.520. The van der Waals surface area contributed by atoms with Crippen LogP contribution in [0.3, 0.4) is 0 Å². The Hall–Kier alpha value is -1.20. The van der Waals surface area contributed by atoms with Crippen LogP contribution in [0.2, 0.25) is 0 Å². The van der Waals surface area contributed by atoms with Crippen molar-refractivity contribution in [3.8, 4) is 0 Å². The van der Waals surface area contributed by atoms with Crippen LogP contribution >= 0.6 is 24.0 Å². The van der Waals surface area contributed by atoms with Crippen molar-refractivity contribution >= 4 is 35.6 Å². The van der Waals surface area contributed by atoms with E-state index in [0.29, 0.717) is 31.5 Å². The fourth-order valence-corrected chi connectivity index (χ4v) is 4.06. The maximum Gasteiger partial charge on any atom is 0.191 e. The van der Waals surface area contributed by atoms with Crippen molar-refractivity contribution in [3.63, 3.8) is 0 Å². The van der Waals surface area contributed by atoms with Gasteiger partial charge >= 0.3 is 0 Å². The van der Waals surface area contributed by atoms with Gasteiger partial charge in [-0.3, -0.25) is 9.89 Å². The van der Waals surface area contributed by atoms with Crippen LogP contribution in [0.25, 0.3) is 0 Å². The van der Waals surface area contributed by atoms with Gasteiger partial charge in [-0.2, -0.15) is 0 Å². The van der Waals surface area contributed by atoms with Gasteiger partial charge in [-0.1, -0.05) is 19.9 Å². The number of ether oxygens (including phenoxy) is 1. The van der Waals surface area contributed by atoms with Gasteiger partial charge in [-0.15, -0.1) is 24.0 Å². The van der Waals surface area contributed by atoms with E-state index in [1.54, 1.807) is 11.9 Å². The number of benzene rings is 1. The third kappa shape index (κ3) is 6.91. The highest BCUT2D eigenvalue weighted by Crippen LogP contribution is 2.26. The molecular weight excluding hydrogens is 503 g/mol. The second-order valence-corrected chi connectivity index (χ2v) is 8.25. The minimum absolute atomic E-state index is 0. The van der Waals surface area contributed by atoms with Crippen LogP contribution in [-0.4, -0.2) is 75.9 Å². The number of nitrogens with one attached hydrogen (secondary N) is 2. The standard InChI is InChI=1S/C21H33F2N5O.HI/c1-15(2)12-27-9-10-29-17(14-27)11-25-21(24-3)26-16-7-8-28(13-16)20-18(22)5-4-6-19(20)23;/h4-6,15-17H,7-14H2,1-3H3,(H2,24,25,26);1H. The average Bonchev–Trinajstić information content (AvgIpc) is 3.13. The molecule has 2 unspecified atom stereocenters. The maximum atomic E-state index is 14.0. The van der Waals surface area contributed by atoms with E-state index in [4.69, 9.17) is 4.74 Å². The Kier molecular flexibility index (Phi) is 10.0. The molecule has 0 aromatic heterocycles. The van der Waals surface area contributed by atoms with Crippen LogP contribution in [0.1, 0.15) is 20.3 Å². The lowest BCUT2D eigenvalue weighted by atomic mass is 10.2. The van der Waals surface area contributed by atoms with Crippen LogP contribution in [0.5, 0.6) is 0 Å². The van der Waals surface area contributed by atoms with E-state index in [-0.39, 0.29) is 41.8 Å². The first-order valence-electron chi connectivity index (χ1n) is 10.5. The third-order valence-electron chi connectivity index (χ3n) is 5.35. The molecule has 0 radical (unpaired) electrons. The first kappa shape index (κ1) is 25.1. The molecule has 170 valence electrons. The molecule has 0 spiro atoms. The molecule has 1 aromatic carbocycles. The molecule has 9 heteroatoms. The second kappa shape index (κ2) is 12.0. The molecule has 0 aliphatic carbocycles.